The van der Waals surface area contributed by atoms with Crippen LogP contribution in [0, 0.1) is 0 Å². The predicted octanol–water partition coefficient (Wildman–Crippen LogP) is 12.1. The lowest BCUT2D eigenvalue weighted by Crippen LogP contribution is -2.32. The Morgan fingerprint density at radius 1 is 0.408 bits per heavy atom. The van der Waals surface area contributed by atoms with Gasteiger partial charge in [-0.1, -0.05) is 146 Å². The molecule has 1 aliphatic carbocycles. The molecule has 2 heterocycles. The van der Waals surface area contributed by atoms with E-state index in [1.54, 1.807) is 0 Å². The molecule has 1 aromatic heterocycles. The van der Waals surface area contributed by atoms with Crippen molar-refractivity contribution in [2.24, 2.45) is 0 Å². The van der Waals surface area contributed by atoms with E-state index in [4.69, 9.17) is 4.74 Å². The van der Waals surface area contributed by atoms with Gasteiger partial charge in [0.15, 0.2) is 0 Å². The maximum atomic E-state index is 6.75. The molecule has 2 heteroatoms. The highest BCUT2D eigenvalue weighted by Crippen LogP contribution is 2.62. The first-order valence-electron chi connectivity index (χ1n) is 16.9. The number of rotatable bonds is 2. The zero-order valence-corrected chi connectivity index (χ0v) is 26.6. The summed E-state index contributed by atoms with van der Waals surface area (Å²) in [6.45, 7) is 0. The van der Waals surface area contributed by atoms with Crippen LogP contribution >= 0.6 is 0 Å². The van der Waals surface area contributed by atoms with E-state index in [1.807, 2.05) is 0 Å². The van der Waals surface area contributed by atoms with E-state index in [0.29, 0.717) is 0 Å². The van der Waals surface area contributed by atoms with Crippen LogP contribution in [-0.4, -0.2) is 4.57 Å². The van der Waals surface area contributed by atoms with Gasteiger partial charge >= 0.3 is 0 Å². The molecule has 2 aliphatic rings. The lowest BCUT2D eigenvalue weighted by molar-refractivity contribution is 0.436. The van der Waals surface area contributed by atoms with Crippen molar-refractivity contribution in [1.82, 2.24) is 4.57 Å². The van der Waals surface area contributed by atoms with Crippen molar-refractivity contribution in [3.63, 3.8) is 0 Å². The molecule has 0 fully saturated rings. The molecule has 0 N–H and O–H groups in total. The van der Waals surface area contributed by atoms with Gasteiger partial charge in [-0.05, 0) is 63.5 Å². The van der Waals surface area contributed by atoms with Gasteiger partial charge in [-0.25, -0.2) is 0 Å². The summed E-state index contributed by atoms with van der Waals surface area (Å²) in [6.07, 6.45) is 0. The summed E-state index contributed by atoms with van der Waals surface area (Å²) in [5.74, 6) is 1.81. The van der Waals surface area contributed by atoms with Gasteiger partial charge in [0.05, 0.1) is 22.1 Å². The molecule has 8 aromatic carbocycles. The Hall–Kier alpha value is -6.38. The van der Waals surface area contributed by atoms with Gasteiger partial charge < -0.3 is 9.30 Å². The highest BCUT2D eigenvalue weighted by Gasteiger charge is 2.51. The zero-order valence-electron chi connectivity index (χ0n) is 26.6. The molecule has 0 unspecified atom stereocenters. The third kappa shape index (κ3) is 3.45. The Kier molecular flexibility index (Phi) is 5.34. The van der Waals surface area contributed by atoms with Crippen LogP contribution in [0.25, 0.3) is 60.5 Å². The summed E-state index contributed by atoms with van der Waals surface area (Å²) in [7, 11) is 0. The number of hydrogen-bond donors (Lipinski definition) is 0. The molecule has 0 saturated heterocycles. The first-order chi connectivity index (χ1) is 24.3. The van der Waals surface area contributed by atoms with Crippen LogP contribution in [-0.2, 0) is 5.41 Å². The van der Waals surface area contributed by atoms with Crippen molar-refractivity contribution in [3.05, 3.63) is 198 Å². The van der Waals surface area contributed by atoms with Crippen LogP contribution in [0.5, 0.6) is 11.5 Å². The fourth-order valence-corrected chi connectivity index (χ4v) is 8.92. The number of aromatic nitrogens is 1. The Balaban J connectivity index is 1.22. The van der Waals surface area contributed by atoms with Crippen LogP contribution in [0.1, 0.15) is 22.3 Å². The van der Waals surface area contributed by atoms with E-state index in [-0.39, 0.29) is 0 Å². The number of hydrogen-bond acceptors (Lipinski definition) is 1. The molecule has 0 atom stereocenters. The topological polar surface area (TPSA) is 14.2 Å². The number of benzene rings is 8. The molecule has 11 rings (SSSR count). The Bertz CT molecular complexity index is 2770. The first kappa shape index (κ1) is 26.7. The maximum Gasteiger partial charge on any atom is 0.132 e. The van der Waals surface area contributed by atoms with E-state index in [0.717, 1.165) is 22.7 Å². The Morgan fingerprint density at radius 2 is 1.02 bits per heavy atom. The van der Waals surface area contributed by atoms with Crippen molar-refractivity contribution >= 4 is 32.6 Å². The molecule has 49 heavy (non-hydrogen) atoms. The maximum absolute atomic E-state index is 6.75. The van der Waals surface area contributed by atoms with E-state index >= 15 is 0 Å². The van der Waals surface area contributed by atoms with Crippen LogP contribution in [0.4, 0.5) is 0 Å². The minimum atomic E-state index is -0.509. The summed E-state index contributed by atoms with van der Waals surface area (Å²) in [5, 5.41) is 5.01. The van der Waals surface area contributed by atoms with Gasteiger partial charge in [0, 0.05) is 32.8 Å². The van der Waals surface area contributed by atoms with Gasteiger partial charge in [-0.15, -0.1) is 0 Å². The summed E-state index contributed by atoms with van der Waals surface area (Å²) in [5.41, 5.74) is 12.9. The average Bonchev–Trinajstić information content (AvgIpc) is 3.66. The second-order valence-corrected chi connectivity index (χ2v) is 13.2. The van der Waals surface area contributed by atoms with Gasteiger partial charge in [0.2, 0.25) is 0 Å². The van der Waals surface area contributed by atoms with Crippen LogP contribution in [0.3, 0.4) is 0 Å². The van der Waals surface area contributed by atoms with E-state index in [9.17, 15) is 0 Å². The number of nitrogens with zero attached hydrogens (tertiary/aromatic N) is 1. The zero-order chi connectivity index (χ0) is 32.1. The molecule has 0 amide bonds. The quantitative estimate of drug-likeness (QED) is 0.187. The van der Waals surface area contributed by atoms with Gasteiger partial charge in [-0.3, -0.25) is 0 Å². The fraction of sp³-hybridized carbons (Fsp3) is 0.0213. The van der Waals surface area contributed by atoms with Gasteiger partial charge in [0.1, 0.15) is 11.5 Å². The smallest absolute Gasteiger partial charge is 0.132 e. The van der Waals surface area contributed by atoms with Crippen molar-refractivity contribution in [3.8, 4) is 39.4 Å². The van der Waals surface area contributed by atoms with Crippen molar-refractivity contribution in [2.45, 2.75) is 5.41 Å². The molecule has 0 saturated carbocycles. The van der Waals surface area contributed by atoms with Crippen molar-refractivity contribution in [2.75, 3.05) is 0 Å². The first-order valence-corrected chi connectivity index (χ1v) is 16.9. The SMILES string of the molecule is c1ccc2c(c1)Oc1ccc(-c3ccccc3-n3c4ccccc4c4ccc5ccccc5c43)cc1C21c2ccccc2-c2ccccc21. The van der Waals surface area contributed by atoms with Crippen molar-refractivity contribution in [1.29, 1.82) is 0 Å². The molecule has 228 valence electrons. The van der Waals surface area contributed by atoms with Crippen LogP contribution < -0.4 is 4.74 Å². The van der Waals surface area contributed by atoms with E-state index in [2.05, 4.69) is 180 Å². The van der Waals surface area contributed by atoms with Gasteiger partial charge in [-0.2, -0.15) is 0 Å². The van der Waals surface area contributed by atoms with Crippen LogP contribution in [0.2, 0.25) is 0 Å². The van der Waals surface area contributed by atoms with Gasteiger partial charge in [0.25, 0.3) is 0 Å². The molecule has 1 spiro atoms. The highest BCUT2D eigenvalue weighted by atomic mass is 16.5. The molecular weight excluding hydrogens is 595 g/mol. The third-order valence-electron chi connectivity index (χ3n) is 10.9. The third-order valence-corrected chi connectivity index (χ3v) is 10.9. The number of ether oxygens (including phenoxy) is 1. The second-order valence-electron chi connectivity index (χ2n) is 13.2. The lowest BCUT2D eigenvalue weighted by Gasteiger charge is -2.39. The second kappa shape index (κ2) is 9.82. The summed E-state index contributed by atoms with van der Waals surface area (Å²) in [6, 6.07) is 64.1. The summed E-state index contributed by atoms with van der Waals surface area (Å²) >= 11 is 0. The molecule has 0 radical (unpaired) electrons. The minimum Gasteiger partial charge on any atom is -0.457 e. The van der Waals surface area contributed by atoms with Crippen LogP contribution in [0.15, 0.2) is 176 Å². The number of fused-ring (bicyclic) bond motifs is 14. The molecule has 1 aliphatic heterocycles. The molecule has 2 nitrogen and oxygen atoms in total. The minimum absolute atomic E-state index is 0.509. The van der Waals surface area contributed by atoms with Crippen molar-refractivity contribution < 1.29 is 4.74 Å². The fourth-order valence-electron chi connectivity index (χ4n) is 8.92. The predicted molar refractivity (Wildman–Crippen MR) is 201 cm³/mol. The monoisotopic (exact) mass is 623 g/mol. The van der Waals surface area contributed by atoms with E-state index in [1.165, 1.54) is 71.5 Å². The summed E-state index contributed by atoms with van der Waals surface area (Å²) in [4.78, 5) is 0. The Morgan fingerprint density at radius 3 is 1.84 bits per heavy atom. The molecule has 0 bridgehead atoms. The highest BCUT2D eigenvalue weighted by molar-refractivity contribution is 6.18. The normalized spacial score (nSPS) is 13.6. The summed E-state index contributed by atoms with van der Waals surface area (Å²) < 4.78 is 9.22. The standard InChI is InChI=1S/C47H29NO/c1-2-15-33-30(13-1)25-27-37-36-18-6-11-23-43(36)48(46(33)37)42-22-10-5-14-32(42)31-26-28-45-41(29-31)47(40-21-9-12-24-44(40)49-45)38-19-7-3-16-34(38)35-17-4-8-20-39(35)47/h1-29H. The molecular formula is C47H29NO. The average molecular weight is 624 g/mol. The largest absolute Gasteiger partial charge is 0.457 e. The molecule has 9 aromatic rings. The number of para-hydroxylation sites is 3. The lowest BCUT2D eigenvalue weighted by atomic mass is 9.66. The van der Waals surface area contributed by atoms with E-state index < -0.39 is 5.41 Å². The Labute approximate surface area is 284 Å².